The van der Waals surface area contributed by atoms with E-state index in [1.165, 1.54) is 6.07 Å². The number of aliphatic hydroxyl groups excluding tert-OH is 1. The minimum absolute atomic E-state index is 0.0669. The van der Waals surface area contributed by atoms with Crippen LogP contribution in [0.4, 0.5) is 8.78 Å². The molecule has 0 aromatic heterocycles. The number of aliphatic hydroxyl groups is 1. The van der Waals surface area contributed by atoms with Crippen LogP contribution in [-0.4, -0.2) is 34.9 Å². The molecule has 3 rings (SSSR count). The van der Waals surface area contributed by atoms with Crippen molar-refractivity contribution in [2.24, 2.45) is 5.92 Å². The third-order valence-corrected chi connectivity index (χ3v) is 5.79. The molecule has 3 unspecified atom stereocenters. The van der Waals surface area contributed by atoms with Crippen molar-refractivity contribution >= 4 is 11.8 Å². The maximum absolute atomic E-state index is 13.2. The van der Waals surface area contributed by atoms with Gasteiger partial charge in [0.2, 0.25) is 0 Å². The van der Waals surface area contributed by atoms with E-state index >= 15 is 0 Å². The Morgan fingerprint density at radius 3 is 2.95 bits per heavy atom. The van der Waals surface area contributed by atoms with Crippen molar-refractivity contribution in [1.82, 2.24) is 0 Å². The summed E-state index contributed by atoms with van der Waals surface area (Å²) >= 11 is 1.90. The molecule has 1 aromatic carbocycles. The van der Waals surface area contributed by atoms with Gasteiger partial charge in [-0.05, 0) is 55.1 Å². The second-order valence-electron chi connectivity index (χ2n) is 6.11. The third kappa shape index (κ3) is 3.41. The molecule has 2 aliphatic heterocycles. The van der Waals surface area contributed by atoms with E-state index in [1.807, 2.05) is 11.8 Å². The van der Waals surface area contributed by atoms with Crippen molar-refractivity contribution in [2.75, 3.05) is 18.1 Å². The van der Waals surface area contributed by atoms with Gasteiger partial charge in [0.15, 0.2) is 11.6 Å². The van der Waals surface area contributed by atoms with Crippen LogP contribution >= 0.6 is 11.8 Å². The molecule has 2 aliphatic rings. The largest absolute Gasteiger partial charge is 0.392 e. The second-order valence-corrected chi connectivity index (χ2v) is 7.21. The first-order chi connectivity index (χ1) is 10.1. The van der Waals surface area contributed by atoms with Crippen LogP contribution in [0.15, 0.2) is 18.2 Å². The molecule has 21 heavy (non-hydrogen) atoms. The zero-order valence-corrected chi connectivity index (χ0v) is 12.7. The number of hydrogen-bond acceptors (Lipinski definition) is 3. The lowest BCUT2D eigenvalue weighted by Gasteiger charge is -2.39. The average molecular weight is 314 g/mol. The molecule has 1 spiro atoms. The molecular weight excluding hydrogens is 294 g/mol. The van der Waals surface area contributed by atoms with Crippen LogP contribution in [0.1, 0.15) is 24.8 Å². The van der Waals surface area contributed by atoms with Gasteiger partial charge < -0.3 is 9.84 Å². The average Bonchev–Trinajstić information content (AvgIpc) is 2.91. The molecule has 0 aliphatic carbocycles. The van der Waals surface area contributed by atoms with E-state index in [-0.39, 0.29) is 11.5 Å². The lowest BCUT2D eigenvalue weighted by Crippen LogP contribution is -2.43. The number of ether oxygens (including phenoxy) is 1. The van der Waals surface area contributed by atoms with Crippen LogP contribution in [0.2, 0.25) is 0 Å². The Hall–Kier alpha value is -0.650. The number of thioether (sulfide) groups is 1. The van der Waals surface area contributed by atoms with E-state index in [0.717, 1.165) is 36.8 Å². The molecule has 3 atom stereocenters. The highest BCUT2D eigenvalue weighted by atomic mass is 32.2. The fraction of sp³-hybridized carbons (Fsp3) is 0.625. The summed E-state index contributed by atoms with van der Waals surface area (Å²) in [5, 5.41) is 10.5. The van der Waals surface area contributed by atoms with Crippen LogP contribution in [0, 0.1) is 17.6 Å². The molecule has 1 aromatic rings. The van der Waals surface area contributed by atoms with Gasteiger partial charge in [0.1, 0.15) is 0 Å². The molecule has 2 saturated heterocycles. The molecule has 116 valence electrons. The maximum atomic E-state index is 13.2. The highest BCUT2D eigenvalue weighted by Gasteiger charge is 2.42. The molecule has 0 saturated carbocycles. The summed E-state index contributed by atoms with van der Waals surface area (Å²) in [4.78, 5) is 0. The van der Waals surface area contributed by atoms with Gasteiger partial charge in [0.25, 0.3) is 0 Å². The molecular formula is C16H20F2O2S. The van der Waals surface area contributed by atoms with Crippen LogP contribution in [0.25, 0.3) is 0 Å². The standard InChI is InChI=1S/C16H20F2O2S/c17-13-2-1-11(7-14(13)18)8-15(19)12-3-5-20-16(9-12)4-6-21-10-16/h1-2,7,12,15,19H,3-6,8-10H2. The summed E-state index contributed by atoms with van der Waals surface area (Å²) in [6.45, 7) is 0.681. The lowest BCUT2D eigenvalue weighted by atomic mass is 9.81. The zero-order valence-electron chi connectivity index (χ0n) is 11.9. The fourth-order valence-corrected chi connectivity index (χ4v) is 4.71. The van der Waals surface area contributed by atoms with Gasteiger partial charge >= 0.3 is 0 Å². The van der Waals surface area contributed by atoms with Crippen LogP contribution in [0.3, 0.4) is 0 Å². The summed E-state index contributed by atoms with van der Waals surface area (Å²) in [6, 6.07) is 3.84. The monoisotopic (exact) mass is 314 g/mol. The van der Waals surface area contributed by atoms with Crippen molar-refractivity contribution in [3.63, 3.8) is 0 Å². The van der Waals surface area contributed by atoms with E-state index in [1.54, 1.807) is 6.07 Å². The maximum Gasteiger partial charge on any atom is 0.159 e. The first kappa shape index (κ1) is 15.3. The van der Waals surface area contributed by atoms with Gasteiger partial charge in [-0.1, -0.05) is 6.07 Å². The molecule has 2 nitrogen and oxygen atoms in total. The van der Waals surface area contributed by atoms with Gasteiger partial charge in [0.05, 0.1) is 11.7 Å². The third-order valence-electron chi connectivity index (χ3n) is 4.57. The molecule has 5 heteroatoms. The van der Waals surface area contributed by atoms with E-state index in [2.05, 4.69) is 0 Å². The number of rotatable bonds is 3. The van der Waals surface area contributed by atoms with Gasteiger partial charge in [-0.2, -0.15) is 11.8 Å². The van der Waals surface area contributed by atoms with Gasteiger partial charge in [0, 0.05) is 12.4 Å². The Labute approximate surface area is 127 Å². The summed E-state index contributed by atoms with van der Waals surface area (Å²) in [7, 11) is 0. The minimum Gasteiger partial charge on any atom is -0.392 e. The predicted octanol–water partition coefficient (Wildman–Crippen LogP) is 3.17. The Balaban J connectivity index is 1.64. The quantitative estimate of drug-likeness (QED) is 0.929. The SMILES string of the molecule is OC(Cc1ccc(F)c(F)c1)C1CCOC2(CCSC2)C1. The Morgan fingerprint density at radius 1 is 1.38 bits per heavy atom. The van der Waals surface area contributed by atoms with Gasteiger partial charge in [-0.3, -0.25) is 0 Å². The smallest absolute Gasteiger partial charge is 0.159 e. The summed E-state index contributed by atoms with van der Waals surface area (Å²) in [5.74, 6) is 0.593. The Bertz CT molecular complexity index is 503. The van der Waals surface area contributed by atoms with Crippen LogP contribution in [0.5, 0.6) is 0 Å². The van der Waals surface area contributed by atoms with Crippen molar-refractivity contribution in [3.05, 3.63) is 35.4 Å². The first-order valence-electron chi connectivity index (χ1n) is 7.42. The second kappa shape index (κ2) is 6.23. The number of hydrogen-bond donors (Lipinski definition) is 1. The van der Waals surface area contributed by atoms with Crippen LogP contribution in [-0.2, 0) is 11.2 Å². The van der Waals surface area contributed by atoms with Crippen molar-refractivity contribution in [1.29, 1.82) is 0 Å². The topological polar surface area (TPSA) is 29.5 Å². The fourth-order valence-electron chi connectivity index (χ4n) is 3.33. The lowest BCUT2D eigenvalue weighted by molar-refractivity contribution is -0.101. The number of halogens is 2. The van der Waals surface area contributed by atoms with E-state index in [9.17, 15) is 13.9 Å². The van der Waals surface area contributed by atoms with E-state index < -0.39 is 17.7 Å². The molecule has 0 radical (unpaired) electrons. The van der Waals surface area contributed by atoms with E-state index in [0.29, 0.717) is 18.6 Å². The molecule has 1 N–H and O–H groups in total. The summed E-state index contributed by atoms with van der Waals surface area (Å²) in [6.07, 6.45) is 2.58. The molecule has 2 heterocycles. The highest BCUT2D eigenvalue weighted by molar-refractivity contribution is 7.99. The Kier molecular flexibility index (Phi) is 4.52. The normalized spacial score (nSPS) is 30.7. The van der Waals surface area contributed by atoms with Crippen LogP contribution < -0.4 is 0 Å². The van der Waals surface area contributed by atoms with Crippen molar-refractivity contribution < 1.29 is 18.6 Å². The highest BCUT2D eigenvalue weighted by Crippen LogP contribution is 2.41. The van der Waals surface area contributed by atoms with Crippen molar-refractivity contribution in [3.8, 4) is 0 Å². The van der Waals surface area contributed by atoms with Gasteiger partial charge in [-0.15, -0.1) is 0 Å². The zero-order chi connectivity index (χ0) is 14.9. The summed E-state index contributed by atoms with van der Waals surface area (Å²) in [5.41, 5.74) is 0.575. The van der Waals surface area contributed by atoms with E-state index in [4.69, 9.17) is 4.74 Å². The van der Waals surface area contributed by atoms with Crippen molar-refractivity contribution in [2.45, 2.75) is 37.4 Å². The minimum atomic E-state index is -0.852. The number of benzene rings is 1. The molecule has 0 amide bonds. The van der Waals surface area contributed by atoms with Gasteiger partial charge in [-0.25, -0.2) is 8.78 Å². The molecule has 2 fully saturated rings. The first-order valence-corrected chi connectivity index (χ1v) is 8.57. The molecule has 0 bridgehead atoms. The predicted molar refractivity (Wildman–Crippen MR) is 79.4 cm³/mol. The summed E-state index contributed by atoms with van der Waals surface area (Å²) < 4.78 is 32.1. The Morgan fingerprint density at radius 2 is 2.24 bits per heavy atom.